The Morgan fingerprint density at radius 1 is 1.24 bits per heavy atom. The lowest BCUT2D eigenvalue weighted by atomic mass is 9.80. The Kier molecular flexibility index (Phi) is 4.49. The summed E-state index contributed by atoms with van der Waals surface area (Å²) in [7, 11) is 0. The third-order valence-corrected chi connectivity index (χ3v) is 4.55. The first-order valence-electron chi connectivity index (χ1n) is 7.60. The molecule has 1 fully saturated rings. The molecule has 2 rings (SSSR count). The van der Waals surface area contributed by atoms with Crippen LogP contribution in [0, 0.1) is 25.7 Å². The SMILES string of the molecule is Cc1nc(=O)n(C2CC(C)CC(C)C2)c(C)c1CC(=O)O. The zero-order chi connectivity index (χ0) is 15.7. The van der Waals surface area contributed by atoms with Crippen molar-refractivity contribution in [3.8, 4) is 0 Å². The molecule has 0 bridgehead atoms. The maximum Gasteiger partial charge on any atom is 0.348 e. The van der Waals surface area contributed by atoms with E-state index in [1.165, 1.54) is 6.42 Å². The van der Waals surface area contributed by atoms with E-state index in [4.69, 9.17) is 5.11 Å². The van der Waals surface area contributed by atoms with Crippen LogP contribution in [0.2, 0.25) is 0 Å². The first kappa shape index (κ1) is 15.7. The van der Waals surface area contributed by atoms with Crippen LogP contribution in [-0.2, 0) is 11.2 Å². The Labute approximate surface area is 125 Å². The predicted octanol–water partition coefficient (Wildman–Crippen LogP) is 2.48. The molecule has 1 aliphatic carbocycles. The Bertz CT molecular complexity index is 596. The van der Waals surface area contributed by atoms with E-state index in [9.17, 15) is 9.59 Å². The summed E-state index contributed by atoms with van der Waals surface area (Å²) in [6, 6.07) is 0.136. The number of hydrogen-bond acceptors (Lipinski definition) is 3. The van der Waals surface area contributed by atoms with Gasteiger partial charge in [-0.25, -0.2) is 4.79 Å². The minimum absolute atomic E-state index is 0.0806. The largest absolute Gasteiger partial charge is 0.481 e. The molecule has 2 unspecified atom stereocenters. The second-order valence-electron chi connectivity index (χ2n) is 6.56. The van der Waals surface area contributed by atoms with Crippen molar-refractivity contribution in [3.63, 3.8) is 0 Å². The van der Waals surface area contributed by atoms with Crippen LogP contribution in [0.5, 0.6) is 0 Å². The Hall–Kier alpha value is -1.65. The van der Waals surface area contributed by atoms with Crippen LogP contribution in [0.3, 0.4) is 0 Å². The van der Waals surface area contributed by atoms with Gasteiger partial charge in [-0.05, 0) is 44.9 Å². The summed E-state index contributed by atoms with van der Waals surface area (Å²) in [6.45, 7) is 7.98. The number of nitrogens with zero attached hydrogens (tertiary/aromatic N) is 2. The fraction of sp³-hybridized carbons (Fsp3) is 0.688. The lowest BCUT2D eigenvalue weighted by Gasteiger charge is -2.33. The van der Waals surface area contributed by atoms with Gasteiger partial charge in [-0.1, -0.05) is 13.8 Å². The molecule has 1 heterocycles. The monoisotopic (exact) mass is 292 g/mol. The molecule has 0 spiro atoms. The molecule has 5 heteroatoms. The van der Waals surface area contributed by atoms with Crippen molar-refractivity contribution in [2.45, 2.75) is 59.4 Å². The number of carboxylic acid groups (broad SMARTS) is 1. The standard InChI is InChI=1S/C16H24N2O3/c1-9-5-10(2)7-13(6-9)18-12(4)14(8-15(19)20)11(3)17-16(18)21/h9-10,13H,5-8H2,1-4H3,(H,19,20). The summed E-state index contributed by atoms with van der Waals surface area (Å²) >= 11 is 0. The van der Waals surface area contributed by atoms with Gasteiger partial charge in [0.25, 0.3) is 0 Å². The van der Waals surface area contributed by atoms with Crippen LogP contribution in [0.1, 0.15) is 56.1 Å². The molecule has 1 saturated carbocycles. The lowest BCUT2D eigenvalue weighted by Crippen LogP contribution is -2.35. The molecule has 0 saturated heterocycles. The van der Waals surface area contributed by atoms with Crippen molar-refractivity contribution in [1.82, 2.24) is 9.55 Å². The van der Waals surface area contributed by atoms with Gasteiger partial charge in [-0.15, -0.1) is 0 Å². The van der Waals surface area contributed by atoms with Crippen molar-refractivity contribution in [3.05, 3.63) is 27.4 Å². The molecule has 2 atom stereocenters. The maximum atomic E-state index is 12.3. The molecular formula is C16H24N2O3. The second kappa shape index (κ2) is 6.00. The fourth-order valence-electron chi connectivity index (χ4n) is 3.77. The van der Waals surface area contributed by atoms with Gasteiger partial charge in [0.1, 0.15) is 0 Å². The summed E-state index contributed by atoms with van der Waals surface area (Å²) in [5.74, 6) is 0.266. The lowest BCUT2D eigenvalue weighted by molar-refractivity contribution is -0.136. The highest BCUT2D eigenvalue weighted by Crippen LogP contribution is 2.36. The Balaban J connectivity index is 2.48. The van der Waals surface area contributed by atoms with Gasteiger partial charge in [0.15, 0.2) is 0 Å². The summed E-state index contributed by atoms with van der Waals surface area (Å²) in [5.41, 5.74) is 1.73. The van der Waals surface area contributed by atoms with Crippen molar-refractivity contribution in [1.29, 1.82) is 0 Å². The van der Waals surface area contributed by atoms with Gasteiger partial charge in [0.2, 0.25) is 0 Å². The van der Waals surface area contributed by atoms with E-state index in [1.807, 2.05) is 6.92 Å². The normalized spacial score (nSPS) is 25.8. The highest BCUT2D eigenvalue weighted by Gasteiger charge is 2.28. The minimum atomic E-state index is -0.890. The van der Waals surface area contributed by atoms with E-state index in [-0.39, 0.29) is 18.2 Å². The molecule has 116 valence electrons. The Morgan fingerprint density at radius 2 is 1.81 bits per heavy atom. The van der Waals surface area contributed by atoms with E-state index in [0.29, 0.717) is 23.1 Å². The molecule has 0 aromatic carbocycles. The van der Waals surface area contributed by atoms with Crippen molar-refractivity contribution in [2.75, 3.05) is 0 Å². The van der Waals surface area contributed by atoms with Crippen LogP contribution >= 0.6 is 0 Å². The summed E-state index contributed by atoms with van der Waals surface area (Å²) in [4.78, 5) is 27.4. The van der Waals surface area contributed by atoms with Gasteiger partial charge in [-0.2, -0.15) is 4.98 Å². The van der Waals surface area contributed by atoms with E-state index in [2.05, 4.69) is 18.8 Å². The second-order valence-corrected chi connectivity index (χ2v) is 6.56. The number of aryl methyl sites for hydroxylation is 1. The smallest absolute Gasteiger partial charge is 0.348 e. The van der Waals surface area contributed by atoms with Gasteiger partial charge in [0.05, 0.1) is 6.42 Å². The van der Waals surface area contributed by atoms with E-state index >= 15 is 0 Å². The first-order chi connectivity index (χ1) is 9.79. The fourth-order valence-corrected chi connectivity index (χ4v) is 3.77. The highest BCUT2D eigenvalue weighted by atomic mass is 16.4. The van der Waals surface area contributed by atoms with Crippen LogP contribution in [-0.4, -0.2) is 20.6 Å². The van der Waals surface area contributed by atoms with Gasteiger partial charge in [0, 0.05) is 23.0 Å². The number of hydrogen-bond donors (Lipinski definition) is 1. The number of aliphatic carboxylic acids is 1. The average Bonchev–Trinajstić information content (AvgIpc) is 2.32. The number of carboxylic acids is 1. The third kappa shape index (κ3) is 3.34. The molecule has 1 aromatic rings. The van der Waals surface area contributed by atoms with Gasteiger partial charge in [-0.3, -0.25) is 9.36 Å². The summed E-state index contributed by atoms with van der Waals surface area (Å²) in [5, 5.41) is 9.06. The molecule has 21 heavy (non-hydrogen) atoms. The highest BCUT2D eigenvalue weighted by molar-refractivity contribution is 5.70. The third-order valence-electron chi connectivity index (χ3n) is 4.55. The molecule has 0 aliphatic heterocycles. The van der Waals surface area contributed by atoms with Gasteiger partial charge < -0.3 is 5.11 Å². The predicted molar refractivity (Wildman–Crippen MR) is 80.5 cm³/mol. The number of rotatable bonds is 3. The van der Waals surface area contributed by atoms with Gasteiger partial charge >= 0.3 is 11.7 Å². The number of aromatic nitrogens is 2. The zero-order valence-corrected chi connectivity index (χ0v) is 13.2. The quantitative estimate of drug-likeness (QED) is 0.929. The molecule has 1 aromatic heterocycles. The zero-order valence-electron chi connectivity index (χ0n) is 13.2. The average molecular weight is 292 g/mol. The van der Waals surface area contributed by atoms with Crippen LogP contribution in [0.25, 0.3) is 0 Å². The topological polar surface area (TPSA) is 72.2 Å². The van der Waals surface area contributed by atoms with Crippen molar-refractivity contribution < 1.29 is 9.90 Å². The summed E-state index contributed by atoms with van der Waals surface area (Å²) < 4.78 is 1.73. The Morgan fingerprint density at radius 3 is 2.33 bits per heavy atom. The minimum Gasteiger partial charge on any atom is -0.481 e. The van der Waals surface area contributed by atoms with Crippen LogP contribution in [0.4, 0.5) is 0 Å². The van der Waals surface area contributed by atoms with Crippen molar-refractivity contribution >= 4 is 5.97 Å². The van der Waals surface area contributed by atoms with E-state index in [0.717, 1.165) is 18.5 Å². The van der Waals surface area contributed by atoms with E-state index < -0.39 is 5.97 Å². The molecule has 0 radical (unpaired) electrons. The summed E-state index contributed by atoms with van der Waals surface area (Å²) in [6.07, 6.45) is 3.03. The van der Waals surface area contributed by atoms with Crippen molar-refractivity contribution in [2.24, 2.45) is 11.8 Å². The maximum absolute atomic E-state index is 12.3. The molecule has 1 N–H and O–H groups in total. The van der Waals surface area contributed by atoms with Crippen LogP contribution < -0.4 is 5.69 Å². The molecule has 1 aliphatic rings. The van der Waals surface area contributed by atoms with E-state index in [1.54, 1.807) is 11.5 Å². The molecular weight excluding hydrogens is 268 g/mol. The first-order valence-corrected chi connectivity index (χ1v) is 7.60. The molecule has 0 amide bonds. The molecule has 5 nitrogen and oxygen atoms in total. The number of carbonyl (C=O) groups is 1. The van der Waals surface area contributed by atoms with Crippen LogP contribution in [0.15, 0.2) is 4.79 Å².